The standard InChI is InChI=1S/C6H6NO2/c8-5-7-4-6-2-1-3-9-6/h1-3H,4H2,(H,7,8)/q+1. The number of furan rings is 1. The molecule has 1 rings (SSSR count). The van der Waals surface area contributed by atoms with E-state index in [4.69, 9.17) is 4.42 Å². The van der Waals surface area contributed by atoms with E-state index in [0.717, 1.165) is 5.76 Å². The molecular formula is C6H6NO2+. The second kappa shape index (κ2) is 2.84. The Hall–Kier alpha value is -1.34. The van der Waals surface area contributed by atoms with Crippen molar-refractivity contribution in [3.8, 4) is 0 Å². The van der Waals surface area contributed by atoms with Crippen LogP contribution in [-0.2, 0) is 11.3 Å². The van der Waals surface area contributed by atoms with Crippen molar-refractivity contribution in [2.45, 2.75) is 6.54 Å². The molecule has 0 aromatic carbocycles. The Labute approximate surface area is 52.7 Å². The molecule has 1 aromatic rings. The molecule has 0 aliphatic heterocycles. The van der Waals surface area contributed by atoms with Crippen molar-refractivity contribution in [2.24, 2.45) is 0 Å². The Morgan fingerprint density at radius 1 is 1.78 bits per heavy atom. The van der Waals surface area contributed by atoms with Crippen molar-refractivity contribution >= 4 is 6.41 Å². The van der Waals surface area contributed by atoms with Gasteiger partial charge in [0.15, 0.2) is 0 Å². The second-order valence-electron chi connectivity index (χ2n) is 1.53. The van der Waals surface area contributed by atoms with Crippen LogP contribution in [0.15, 0.2) is 22.8 Å². The minimum absolute atomic E-state index is 0.413. The molecule has 3 heteroatoms. The lowest BCUT2D eigenvalue weighted by atomic mass is 10.4. The molecule has 1 aromatic heterocycles. The van der Waals surface area contributed by atoms with Crippen molar-refractivity contribution in [1.29, 1.82) is 0 Å². The van der Waals surface area contributed by atoms with E-state index >= 15 is 0 Å². The summed E-state index contributed by atoms with van der Waals surface area (Å²) in [6.45, 7) is 0.413. The van der Waals surface area contributed by atoms with E-state index in [9.17, 15) is 4.79 Å². The number of hydrogen-bond acceptors (Lipinski definition) is 2. The molecule has 0 fully saturated rings. The highest BCUT2D eigenvalue weighted by Crippen LogP contribution is 1.97. The maximum atomic E-state index is 9.62. The summed E-state index contributed by atoms with van der Waals surface area (Å²) in [6.07, 6.45) is 3.10. The van der Waals surface area contributed by atoms with Gasteiger partial charge in [-0.25, -0.2) is 0 Å². The van der Waals surface area contributed by atoms with E-state index in [1.165, 1.54) is 0 Å². The van der Waals surface area contributed by atoms with Crippen LogP contribution in [0, 0.1) is 0 Å². The first kappa shape index (κ1) is 5.79. The smallest absolute Gasteiger partial charge is 0.467 e. The molecule has 0 aliphatic carbocycles. The van der Waals surface area contributed by atoms with Gasteiger partial charge in [0, 0.05) is 0 Å². The zero-order chi connectivity index (χ0) is 6.53. The van der Waals surface area contributed by atoms with Gasteiger partial charge in [-0.2, -0.15) is 0 Å². The lowest BCUT2D eigenvalue weighted by molar-refractivity contribution is 0.491. The first-order chi connectivity index (χ1) is 4.43. The highest BCUT2D eigenvalue weighted by atomic mass is 16.3. The number of rotatable bonds is 3. The predicted molar refractivity (Wildman–Crippen MR) is 31.2 cm³/mol. The molecule has 46 valence electrons. The zero-order valence-electron chi connectivity index (χ0n) is 4.76. The van der Waals surface area contributed by atoms with E-state index in [1.54, 1.807) is 24.8 Å². The summed E-state index contributed by atoms with van der Waals surface area (Å²) < 4.78 is 4.89. The van der Waals surface area contributed by atoms with Gasteiger partial charge < -0.3 is 4.42 Å². The normalized spacial score (nSPS) is 8.44. The average Bonchev–Trinajstić information content (AvgIpc) is 2.34. The van der Waals surface area contributed by atoms with Gasteiger partial charge in [0.25, 0.3) is 0 Å². The molecule has 1 heterocycles. The summed E-state index contributed by atoms with van der Waals surface area (Å²) in [7, 11) is 0. The molecule has 0 saturated heterocycles. The number of carbonyl (C=O) groups excluding carboxylic acids is 1. The molecular weight excluding hydrogens is 118 g/mol. The van der Waals surface area contributed by atoms with Crippen LogP contribution in [0.2, 0.25) is 0 Å². The number of hydrogen-bond donors (Lipinski definition) is 1. The lowest BCUT2D eigenvalue weighted by Crippen LogP contribution is -2.08. The van der Waals surface area contributed by atoms with Crippen LogP contribution in [0.3, 0.4) is 0 Å². The van der Waals surface area contributed by atoms with Crippen molar-refractivity contribution < 1.29 is 9.21 Å². The van der Waals surface area contributed by atoms with Crippen molar-refractivity contribution in [3.63, 3.8) is 0 Å². The Bertz CT molecular complexity index is 169. The van der Waals surface area contributed by atoms with E-state index < -0.39 is 0 Å². The first-order valence-corrected chi connectivity index (χ1v) is 2.56. The molecule has 1 N–H and O–H groups in total. The Morgan fingerprint density at radius 2 is 2.67 bits per heavy atom. The van der Waals surface area contributed by atoms with Crippen LogP contribution in [0.1, 0.15) is 5.76 Å². The zero-order valence-corrected chi connectivity index (χ0v) is 4.76. The van der Waals surface area contributed by atoms with Crippen molar-refractivity contribution in [1.82, 2.24) is 5.32 Å². The molecule has 3 nitrogen and oxygen atoms in total. The molecule has 0 unspecified atom stereocenters. The number of amides is 1. The Balaban J connectivity index is 2.38. The Morgan fingerprint density at radius 3 is 3.22 bits per heavy atom. The van der Waals surface area contributed by atoms with Crippen LogP contribution < -0.4 is 5.32 Å². The fourth-order valence-corrected chi connectivity index (χ4v) is 0.536. The van der Waals surface area contributed by atoms with E-state index in [2.05, 4.69) is 5.32 Å². The summed E-state index contributed by atoms with van der Waals surface area (Å²) in [4.78, 5) is 9.62. The van der Waals surface area contributed by atoms with Crippen LogP contribution in [-0.4, -0.2) is 6.41 Å². The molecule has 0 bridgehead atoms. The third kappa shape index (κ3) is 1.55. The van der Waals surface area contributed by atoms with Gasteiger partial charge in [-0.15, -0.1) is 5.32 Å². The minimum Gasteiger partial charge on any atom is -0.467 e. The molecule has 0 radical (unpaired) electrons. The van der Waals surface area contributed by atoms with Crippen molar-refractivity contribution in [3.05, 3.63) is 24.2 Å². The quantitative estimate of drug-likeness (QED) is 0.469. The molecule has 0 aliphatic rings. The summed E-state index contributed by atoms with van der Waals surface area (Å²) >= 11 is 0. The van der Waals surface area contributed by atoms with Gasteiger partial charge in [0.1, 0.15) is 12.3 Å². The summed E-state index contributed by atoms with van der Waals surface area (Å²) in [6, 6.07) is 3.55. The highest BCUT2D eigenvalue weighted by Gasteiger charge is 1.98. The van der Waals surface area contributed by atoms with Gasteiger partial charge in [0.05, 0.1) is 11.1 Å². The maximum Gasteiger partial charge on any atom is 0.665 e. The third-order valence-corrected chi connectivity index (χ3v) is 0.915. The first-order valence-electron chi connectivity index (χ1n) is 2.56. The van der Waals surface area contributed by atoms with E-state index in [1.807, 2.05) is 0 Å². The van der Waals surface area contributed by atoms with Gasteiger partial charge in [-0.3, -0.25) is 0 Å². The van der Waals surface area contributed by atoms with Gasteiger partial charge in [-0.05, 0) is 12.1 Å². The SMILES string of the molecule is O=[C+]NCc1ccco1. The molecule has 9 heavy (non-hydrogen) atoms. The summed E-state index contributed by atoms with van der Waals surface area (Å²) in [5.41, 5.74) is 0. The maximum absolute atomic E-state index is 9.62. The van der Waals surface area contributed by atoms with E-state index in [-0.39, 0.29) is 0 Å². The van der Waals surface area contributed by atoms with Crippen LogP contribution in [0.25, 0.3) is 0 Å². The summed E-state index contributed by atoms with van der Waals surface area (Å²) in [5, 5.41) is 2.35. The predicted octanol–water partition coefficient (Wildman–Crippen LogP) is 0.436. The topological polar surface area (TPSA) is 42.2 Å². The average molecular weight is 124 g/mol. The molecule has 1 amide bonds. The third-order valence-electron chi connectivity index (χ3n) is 0.915. The second-order valence-corrected chi connectivity index (χ2v) is 1.53. The van der Waals surface area contributed by atoms with Crippen LogP contribution >= 0.6 is 0 Å². The van der Waals surface area contributed by atoms with Gasteiger partial charge in [-0.1, -0.05) is 0 Å². The minimum atomic E-state index is 0.413. The van der Waals surface area contributed by atoms with Crippen LogP contribution in [0.4, 0.5) is 0 Å². The molecule has 0 atom stereocenters. The van der Waals surface area contributed by atoms with Crippen LogP contribution in [0.5, 0.6) is 0 Å². The van der Waals surface area contributed by atoms with Gasteiger partial charge >= 0.3 is 6.41 Å². The highest BCUT2D eigenvalue weighted by molar-refractivity contribution is 5.46. The Kier molecular flexibility index (Phi) is 1.83. The molecule has 0 spiro atoms. The van der Waals surface area contributed by atoms with Gasteiger partial charge in [0.2, 0.25) is 0 Å². The molecule has 0 saturated carbocycles. The number of nitrogens with one attached hydrogen (secondary N) is 1. The van der Waals surface area contributed by atoms with Crippen molar-refractivity contribution in [2.75, 3.05) is 0 Å². The lowest BCUT2D eigenvalue weighted by Gasteiger charge is -1.81. The monoisotopic (exact) mass is 124 g/mol. The summed E-state index contributed by atoms with van der Waals surface area (Å²) in [5.74, 6) is 0.735. The fourth-order valence-electron chi connectivity index (χ4n) is 0.536. The largest absolute Gasteiger partial charge is 0.665 e. The fraction of sp³-hybridized carbons (Fsp3) is 0.167. The van der Waals surface area contributed by atoms with E-state index in [0.29, 0.717) is 6.54 Å².